The fourth-order valence-electron chi connectivity index (χ4n) is 2.26. The number of thioether (sulfide) groups is 1. The molecule has 1 aliphatic heterocycles. The van der Waals surface area contributed by atoms with Crippen molar-refractivity contribution in [1.29, 1.82) is 0 Å². The molecule has 0 amide bonds. The van der Waals surface area contributed by atoms with Gasteiger partial charge in [-0.2, -0.15) is 11.8 Å². The lowest BCUT2D eigenvalue weighted by Crippen LogP contribution is -2.41. The number of unbranched alkanes of at least 4 members (excludes halogenated alkanes) is 4. The third-order valence-electron chi connectivity index (χ3n) is 3.25. The zero-order valence-corrected chi connectivity index (χ0v) is 10.8. The first-order valence-electron chi connectivity index (χ1n) is 6.46. The third kappa shape index (κ3) is 5.23. The maximum atomic E-state index is 5.63. The summed E-state index contributed by atoms with van der Waals surface area (Å²) in [5, 5.41) is 0.779. The van der Waals surface area contributed by atoms with Gasteiger partial charge in [0.25, 0.3) is 0 Å². The van der Waals surface area contributed by atoms with Crippen molar-refractivity contribution in [2.45, 2.75) is 69.6 Å². The maximum Gasteiger partial charge on any atom is 0.0329 e. The molecule has 0 saturated carbocycles. The lowest BCUT2D eigenvalue weighted by Gasteiger charge is -2.21. The summed E-state index contributed by atoms with van der Waals surface area (Å²) in [4.78, 5) is 0. The van der Waals surface area contributed by atoms with E-state index in [1.807, 2.05) is 0 Å². The smallest absolute Gasteiger partial charge is 0.0329 e. The highest BCUT2D eigenvalue weighted by atomic mass is 32.2. The molecule has 90 valence electrons. The molecular formula is C12H26N2S. The van der Waals surface area contributed by atoms with Crippen LogP contribution in [-0.2, 0) is 0 Å². The van der Waals surface area contributed by atoms with Crippen LogP contribution in [0.2, 0.25) is 0 Å². The molecule has 0 aromatic heterocycles. The van der Waals surface area contributed by atoms with Crippen LogP contribution < -0.4 is 11.3 Å². The van der Waals surface area contributed by atoms with Crippen molar-refractivity contribution in [1.82, 2.24) is 5.43 Å². The minimum atomic E-state index is 0.555. The average Bonchev–Trinajstić information content (AvgIpc) is 2.77. The summed E-state index contributed by atoms with van der Waals surface area (Å²) in [6, 6.07) is 0.555. The molecule has 2 unspecified atom stereocenters. The largest absolute Gasteiger partial charge is 0.271 e. The number of rotatable bonds is 8. The zero-order valence-electron chi connectivity index (χ0n) is 10.0. The summed E-state index contributed by atoms with van der Waals surface area (Å²) in [5.41, 5.74) is 3.01. The van der Waals surface area contributed by atoms with E-state index in [1.54, 1.807) is 0 Å². The van der Waals surface area contributed by atoms with E-state index in [4.69, 9.17) is 5.84 Å². The van der Waals surface area contributed by atoms with E-state index in [0.29, 0.717) is 6.04 Å². The molecule has 0 aliphatic carbocycles. The van der Waals surface area contributed by atoms with Crippen molar-refractivity contribution in [3.05, 3.63) is 0 Å². The average molecular weight is 230 g/mol. The lowest BCUT2D eigenvalue weighted by molar-refractivity contribution is 0.444. The van der Waals surface area contributed by atoms with Gasteiger partial charge in [0.2, 0.25) is 0 Å². The van der Waals surface area contributed by atoms with Crippen molar-refractivity contribution >= 4 is 11.8 Å². The van der Waals surface area contributed by atoms with Crippen molar-refractivity contribution in [2.75, 3.05) is 5.75 Å². The summed E-state index contributed by atoms with van der Waals surface area (Å²) in [6.45, 7) is 2.26. The fraction of sp³-hybridized carbons (Fsp3) is 1.00. The van der Waals surface area contributed by atoms with Gasteiger partial charge in [-0.1, -0.05) is 39.0 Å². The Morgan fingerprint density at radius 2 is 2.13 bits per heavy atom. The van der Waals surface area contributed by atoms with E-state index >= 15 is 0 Å². The van der Waals surface area contributed by atoms with Gasteiger partial charge in [-0.3, -0.25) is 11.3 Å². The third-order valence-corrected chi connectivity index (χ3v) is 4.76. The summed E-state index contributed by atoms with van der Waals surface area (Å²) in [7, 11) is 0. The number of nitrogens with two attached hydrogens (primary N) is 1. The highest BCUT2D eigenvalue weighted by Crippen LogP contribution is 2.30. The zero-order chi connectivity index (χ0) is 10.9. The van der Waals surface area contributed by atoms with Gasteiger partial charge in [0, 0.05) is 11.3 Å². The van der Waals surface area contributed by atoms with Crippen molar-refractivity contribution in [2.24, 2.45) is 5.84 Å². The summed E-state index contributed by atoms with van der Waals surface area (Å²) >= 11 is 2.10. The van der Waals surface area contributed by atoms with Crippen LogP contribution in [0.15, 0.2) is 0 Å². The lowest BCUT2D eigenvalue weighted by atomic mass is 10.0. The first-order chi connectivity index (χ1) is 7.38. The molecule has 3 N–H and O–H groups in total. The summed E-state index contributed by atoms with van der Waals surface area (Å²) in [6.07, 6.45) is 10.8. The second-order valence-electron chi connectivity index (χ2n) is 4.53. The first-order valence-corrected chi connectivity index (χ1v) is 7.51. The van der Waals surface area contributed by atoms with Gasteiger partial charge < -0.3 is 0 Å². The van der Waals surface area contributed by atoms with Crippen LogP contribution in [0.25, 0.3) is 0 Å². The molecular weight excluding hydrogens is 204 g/mol. The van der Waals surface area contributed by atoms with Gasteiger partial charge in [0.05, 0.1) is 0 Å². The predicted molar refractivity (Wildman–Crippen MR) is 70.0 cm³/mol. The normalized spacial score (nSPS) is 23.2. The van der Waals surface area contributed by atoms with Crippen LogP contribution in [0.3, 0.4) is 0 Å². The van der Waals surface area contributed by atoms with Crippen LogP contribution in [0.4, 0.5) is 0 Å². The molecule has 2 nitrogen and oxygen atoms in total. The van der Waals surface area contributed by atoms with E-state index in [-0.39, 0.29) is 0 Å². The van der Waals surface area contributed by atoms with E-state index in [0.717, 1.165) is 5.25 Å². The molecule has 1 saturated heterocycles. The van der Waals surface area contributed by atoms with E-state index in [1.165, 1.54) is 57.1 Å². The Hall–Kier alpha value is 0.270. The Morgan fingerprint density at radius 3 is 2.73 bits per heavy atom. The quantitative estimate of drug-likeness (QED) is 0.382. The SMILES string of the molecule is CCCCCCCC(NN)C1CCCS1. The molecule has 0 aromatic carbocycles. The van der Waals surface area contributed by atoms with Crippen LogP contribution in [0.5, 0.6) is 0 Å². The number of hydrazine groups is 1. The topological polar surface area (TPSA) is 38.0 Å². The number of nitrogens with one attached hydrogen (secondary N) is 1. The second-order valence-corrected chi connectivity index (χ2v) is 5.87. The summed E-state index contributed by atoms with van der Waals surface area (Å²) < 4.78 is 0. The molecule has 1 rings (SSSR count). The minimum Gasteiger partial charge on any atom is -0.271 e. The van der Waals surface area contributed by atoms with Gasteiger partial charge >= 0.3 is 0 Å². The van der Waals surface area contributed by atoms with Crippen LogP contribution >= 0.6 is 11.8 Å². The van der Waals surface area contributed by atoms with Crippen LogP contribution in [0, 0.1) is 0 Å². The van der Waals surface area contributed by atoms with Crippen molar-refractivity contribution < 1.29 is 0 Å². The van der Waals surface area contributed by atoms with E-state index < -0.39 is 0 Å². The second kappa shape index (κ2) is 8.43. The van der Waals surface area contributed by atoms with E-state index in [9.17, 15) is 0 Å². The van der Waals surface area contributed by atoms with E-state index in [2.05, 4.69) is 24.1 Å². The Balaban J connectivity index is 2.05. The number of hydrogen-bond acceptors (Lipinski definition) is 3. The molecule has 1 fully saturated rings. The molecule has 15 heavy (non-hydrogen) atoms. The molecule has 1 heterocycles. The predicted octanol–water partition coefficient (Wildman–Crippen LogP) is 3.07. The molecule has 1 aliphatic rings. The first kappa shape index (κ1) is 13.3. The molecule has 3 heteroatoms. The fourth-order valence-corrected chi connectivity index (χ4v) is 3.68. The van der Waals surface area contributed by atoms with Crippen molar-refractivity contribution in [3.63, 3.8) is 0 Å². The molecule has 0 bridgehead atoms. The monoisotopic (exact) mass is 230 g/mol. The van der Waals surface area contributed by atoms with Crippen molar-refractivity contribution in [3.8, 4) is 0 Å². The Labute approximate surface area is 98.7 Å². The Kier molecular flexibility index (Phi) is 7.49. The standard InChI is InChI=1S/C12H26N2S/c1-2-3-4-5-6-8-11(14-13)12-9-7-10-15-12/h11-12,14H,2-10,13H2,1H3. The highest BCUT2D eigenvalue weighted by Gasteiger charge is 2.23. The minimum absolute atomic E-state index is 0.555. The molecule has 0 aromatic rings. The van der Waals surface area contributed by atoms with Gasteiger partial charge in [0.15, 0.2) is 0 Å². The maximum absolute atomic E-state index is 5.63. The van der Waals surface area contributed by atoms with Gasteiger partial charge in [-0.25, -0.2) is 0 Å². The Morgan fingerprint density at radius 1 is 1.33 bits per heavy atom. The summed E-state index contributed by atoms with van der Waals surface area (Å²) in [5.74, 6) is 6.96. The van der Waals surface area contributed by atoms with Gasteiger partial charge in [0.1, 0.15) is 0 Å². The van der Waals surface area contributed by atoms with Crippen LogP contribution in [-0.4, -0.2) is 17.0 Å². The molecule has 0 spiro atoms. The highest BCUT2D eigenvalue weighted by molar-refractivity contribution is 8.00. The van der Waals surface area contributed by atoms with Gasteiger partial charge in [-0.05, 0) is 25.0 Å². The van der Waals surface area contributed by atoms with Crippen LogP contribution in [0.1, 0.15) is 58.3 Å². The Bertz CT molecular complexity index is 147. The van der Waals surface area contributed by atoms with Gasteiger partial charge in [-0.15, -0.1) is 0 Å². The molecule has 2 atom stereocenters. The molecule has 0 radical (unpaired) electrons. The number of hydrogen-bond donors (Lipinski definition) is 2.